The van der Waals surface area contributed by atoms with Crippen LogP contribution in [0.4, 0.5) is 5.95 Å². The Bertz CT molecular complexity index is 553. The van der Waals surface area contributed by atoms with Crippen LogP contribution in [0.5, 0.6) is 0 Å². The highest BCUT2D eigenvalue weighted by Gasteiger charge is 2.17. The van der Waals surface area contributed by atoms with E-state index >= 15 is 0 Å². The molecule has 1 N–H and O–H groups in total. The smallest absolute Gasteiger partial charge is 0.207 e. The first kappa shape index (κ1) is 13.0. The normalized spacial score (nSPS) is 15.9. The molecule has 1 fully saturated rings. The number of anilines is 1. The zero-order chi connectivity index (χ0) is 13.2. The van der Waals surface area contributed by atoms with E-state index < -0.39 is 0 Å². The lowest BCUT2D eigenvalue weighted by atomic mass is 10.2. The first-order valence-electron chi connectivity index (χ1n) is 6.81. The number of hydrogen-bond donors (Lipinski definition) is 1. The minimum Gasteiger partial charge on any atom is -0.353 e. The summed E-state index contributed by atoms with van der Waals surface area (Å²) in [6.07, 6.45) is 7.29. The molecule has 1 aromatic heterocycles. The van der Waals surface area contributed by atoms with E-state index in [1.807, 2.05) is 6.92 Å². The van der Waals surface area contributed by atoms with Gasteiger partial charge in [0.2, 0.25) is 5.95 Å². The average Bonchev–Trinajstić information content (AvgIpc) is 3.01. The van der Waals surface area contributed by atoms with E-state index in [2.05, 4.69) is 67.9 Å². The van der Waals surface area contributed by atoms with Gasteiger partial charge in [-0.2, -0.15) is 0 Å². The van der Waals surface area contributed by atoms with Crippen LogP contribution in [0.3, 0.4) is 0 Å². The van der Waals surface area contributed by atoms with E-state index in [1.54, 1.807) is 0 Å². The number of benzene rings is 1. The summed E-state index contributed by atoms with van der Waals surface area (Å²) in [5, 5.41) is 3.59. The fraction of sp³-hybridized carbons (Fsp3) is 0.400. The Morgan fingerprint density at radius 2 is 1.89 bits per heavy atom. The predicted octanol–water partition coefficient (Wildman–Crippen LogP) is 4.14. The molecule has 1 heterocycles. The number of halogens is 1. The Balaban J connectivity index is 1.89. The molecule has 0 spiro atoms. The average molecular weight is 367 g/mol. The van der Waals surface area contributed by atoms with Gasteiger partial charge in [-0.1, -0.05) is 12.8 Å². The summed E-state index contributed by atoms with van der Waals surface area (Å²) in [7, 11) is 0. The van der Waals surface area contributed by atoms with Gasteiger partial charge in [-0.05, 0) is 66.6 Å². The number of rotatable bonds is 3. The third kappa shape index (κ3) is 2.94. The SMILES string of the molecule is Cc1cn(-c2ccc(I)cc2)c(NC2CCCC2)n1. The molecule has 100 valence electrons. The summed E-state index contributed by atoms with van der Waals surface area (Å²) >= 11 is 2.33. The van der Waals surface area contributed by atoms with Gasteiger partial charge in [0.25, 0.3) is 0 Å². The van der Waals surface area contributed by atoms with Gasteiger partial charge in [-0.3, -0.25) is 4.57 Å². The van der Waals surface area contributed by atoms with Crippen molar-refractivity contribution in [1.29, 1.82) is 0 Å². The topological polar surface area (TPSA) is 29.9 Å². The lowest BCUT2D eigenvalue weighted by Crippen LogP contribution is -2.17. The Labute approximate surface area is 127 Å². The molecule has 1 aromatic carbocycles. The van der Waals surface area contributed by atoms with Crippen LogP contribution in [0.2, 0.25) is 0 Å². The summed E-state index contributed by atoms with van der Waals surface area (Å²) in [5.74, 6) is 0.977. The van der Waals surface area contributed by atoms with E-state index in [0.29, 0.717) is 6.04 Å². The fourth-order valence-electron chi connectivity index (χ4n) is 2.65. The maximum Gasteiger partial charge on any atom is 0.207 e. The summed E-state index contributed by atoms with van der Waals surface area (Å²) in [5.41, 5.74) is 2.22. The largest absolute Gasteiger partial charge is 0.353 e. The second-order valence-corrected chi connectivity index (χ2v) is 6.42. The van der Waals surface area contributed by atoms with Crippen LogP contribution in [0.1, 0.15) is 31.4 Å². The van der Waals surface area contributed by atoms with Crippen LogP contribution < -0.4 is 5.32 Å². The van der Waals surface area contributed by atoms with Crippen LogP contribution in [0.15, 0.2) is 30.5 Å². The third-order valence-corrected chi connectivity index (χ3v) is 4.34. The molecule has 0 bridgehead atoms. The zero-order valence-corrected chi connectivity index (χ0v) is 13.2. The van der Waals surface area contributed by atoms with Gasteiger partial charge in [0.05, 0.1) is 5.69 Å². The fourth-order valence-corrected chi connectivity index (χ4v) is 3.01. The van der Waals surface area contributed by atoms with Crippen molar-refractivity contribution in [2.24, 2.45) is 0 Å². The van der Waals surface area contributed by atoms with Crippen molar-refractivity contribution in [3.63, 3.8) is 0 Å². The maximum atomic E-state index is 4.62. The van der Waals surface area contributed by atoms with Crippen molar-refractivity contribution in [3.8, 4) is 5.69 Å². The molecule has 0 radical (unpaired) electrons. The molecule has 1 aliphatic carbocycles. The highest BCUT2D eigenvalue weighted by molar-refractivity contribution is 14.1. The van der Waals surface area contributed by atoms with Gasteiger partial charge in [-0.15, -0.1) is 0 Å². The summed E-state index contributed by atoms with van der Waals surface area (Å²) in [6.45, 7) is 2.04. The van der Waals surface area contributed by atoms with Gasteiger partial charge in [0.1, 0.15) is 0 Å². The molecule has 4 heteroatoms. The molecule has 19 heavy (non-hydrogen) atoms. The van der Waals surface area contributed by atoms with Crippen molar-refractivity contribution in [2.75, 3.05) is 5.32 Å². The first-order chi connectivity index (χ1) is 9.22. The zero-order valence-electron chi connectivity index (χ0n) is 11.1. The standard InChI is InChI=1S/C15H18IN3/c1-11-10-19(14-8-6-12(16)7-9-14)15(17-11)18-13-4-2-3-5-13/h6-10,13H,2-5H2,1H3,(H,17,18). The van der Waals surface area contributed by atoms with Crippen LogP contribution in [-0.4, -0.2) is 15.6 Å². The molecular weight excluding hydrogens is 349 g/mol. The molecular formula is C15H18IN3. The lowest BCUT2D eigenvalue weighted by Gasteiger charge is -2.14. The second kappa shape index (κ2) is 5.53. The summed E-state index contributed by atoms with van der Waals surface area (Å²) in [6, 6.07) is 9.13. The van der Waals surface area contributed by atoms with Gasteiger partial charge in [0.15, 0.2) is 0 Å². The number of aryl methyl sites for hydroxylation is 1. The highest BCUT2D eigenvalue weighted by atomic mass is 127. The summed E-state index contributed by atoms with van der Waals surface area (Å²) < 4.78 is 3.41. The molecule has 3 nitrogen and oxygen atoms in total. The molecule has 3 rings (SSSR count). The Hall–Kier alpha value is -1.04. The van der Waals surface area contributed by atoms with E-state index in [0.717, 1.165) is 11.6 Å². The number of hydrogen-bond acceptors (Lipinski definition) is 2. The molecule has 1 saturated carbocycles. The van der Waals surface area contributed by atoms with Crippen molar-refractivity contribution in [1.82, 2.24) is 9.55 Å². The van der Waals surface area contributed by atoms with Crippen molar-refractivity contribution >= 4 is 28.5 Å². The van der Waals surface area contributed by atoms with Gasteiger partial charge in [0, 0.05) is 21.5 Å². The van der Waals surface area contributed by atoms with Gasteiger partial charge in [-0.25, -0.2) is 4.98 Å². The number of aromatic nitrogens is 2. The van der Waals surface area contributed by atoms with Crippen molar-refractivity contribution in [3.05, 3.63) is 39.7 Å². The quantitative estimate of drug-likeness (QED) is 0.827. The molecule has 0 amide bonds. The van der Waals surface area contributed by atoms with Gasteiger partial charge < -0.3 is 5.32 Å². The number of imidazole rings is 1. The lowest BCUT2D eigenvalue weighted by molar-refractivity contribution is 0.740. The Morgan fingerprint density at radius 3 is 2.58 bits per heavy atom. The molecule has 0 unspecified atom stereocenters. The predicted molar refractivity (Wildman–Crippen MR) is 86.9 cm³/mol. The molecule has 0 aliphatic heterocycles. The van der Waals surface area contributed by atoms with Crippen molar-refractivity contribution < 1.29 is 0 Å². The van der Waals surface area contributed by atoms with Crippen LogP contribution in [0, 0.1) is 10.5 Å². The molecule has 0 atom stereocenters. The monoisotopic (exact) mass is 367 g/mol. The minimum absolute atomic E-state index is 0.587. The second-order valence-electron chi connectivity index (χ2n) is 5.18. The summed E-state index contributed by atoms with van der Waals surface area (Å²) in [4.78, 5) is 4.62. The number of nitrogens with one attached hydrogen (secondary N) is 1. The van der Waals surface area contributed by atoms with Crippen LogP contribution in [-0.2, 0) is 0 Å². The number of nitrogens with zero attached hydrogens (tertiary/aromatic N) is 2. The molecule has 1 aliphatic rings. The highest BCUT2D eigenvalue weighted by Crippen LogP contribution is 2.24. The third-order valence-electron chi connectivity index (χ3n) is 3.62. The Morgan fingerprint density at radius 1 is 1.21 bits per heavy atom. The first-order valence-corrected chi connectivity index (χ1v) is 7.89. The molecule has 0 saturated heterocycles. The van der Waals surface area contributed by atoms with E-state index in [-0.39, 0.29) is 0 Å². The van der Waals surface area contributed by atoms with Crippen molar-refractivity contribution in [2.45, 2.75) is 38.6 Å². The van der Waals surface area contributed by atoms with Crippen LogP contribution >= 0.6 is 22.6 Å². The van der Waals surface area contributed by atoms with Gasteiger partial charge >= 0.3 is 0 Å². The minimum atomic E-state index is 0.587. The molecule has 2 aromatic rings. The van der Waals surface area contributed by atoms with E-state index in [1.165, 1.54) is 34.9 Å². The van der Waals surface area contributed by atoms with E-state index in [4.69, 9.17) is 0 Å². The Kier molecular flexibility index (Phi) is 3.77. The van der Waals surface area contributed by atoms with E-state index in [9.17, 15) is 0 Å². The maximum absolute atomic E-state index is 4.62. The van der Waals surface area contributed by atoms with Crippen LogP contribution in [0.25, 0.3) is 5.69 Å².